The van der Waals surface area contributed by atoms with Gasteiger partial charge in [0.05, 0.1) is 18.2 Å². The predicted molar refractivity (Wildman–Crippen MR) is 144 cm³/mol. The molecule has 0 heterocycles. The number of aliphatic hydroxyl groups is 1. The third kappa shape index (κ3) is 9.90. The molecule has 0 bridgehead atoms. The lowest BCUT2D eigenvalue weighted by Crippen LogP contribution is -2.43. The Kier molecular flexibility index (Phi) is 10.1. The summed E-state index contributed by atoms with van der Waals surface area (Å²) in [6.07, 6.45) is -4.45. The largest absolute Gasteiger partial charge is 0.573 e. The monoisotopic (exact) mass is 559 g/mol. The number of amides is 2. The molecule has 0 radical (unpaired) electrons. The first-order valence-electron chi connectivity index (χ1n) is 12.5. The molecule has 0 spiro atoms. The van der Waals surface area contributed by atoms with E-state index in [4.69, 9.17) is 0 Å². The molecule has 1 atom stereocenters. The number of benzene rings is 3. The van der Waals surface area contributed by atoms with Crippen LogP contribution in [0, 0.1) is 0 Å². The number of β-amino-alcohol motifs (C(OH)–C–C–N with tert-alkyl or cyclic N) is 1. The molecule has 214 valence electrons. The minimum atomic E-state index is -4.76. The van der Waals surface area contributed by atoms with Crippen molar-refractivity contribution in [2.24, 2.45) is 0 Å². The summed E-state index contributed by atoms with van der Waals surface area (Å²) in [5.41, 5.74) is 2.75. The van der Waals surface area contributed by atoms with Gasteiger partial charge in [-0.3, -0.25) is 9.59 Å². The van der Waals surface area contributed by atoms with Gasteiger partial charge < -0.3 is 30.9 Å². The van der Waals surface area contributed by atoms with E-state index < -0.39 is 18.0 Å². The zero-order chi connectivity index (χ0) is 29.3. The Labute approximate surface area is 230 Å². The van der Waals surface area contributed by atoms with Gasteiger partial charge in [0.15, 0.2) is 0 Å². The van der Waals surface area contributed by atoms with Crippen molar-refractivity contribution in [1.29, 1.82) is 0 Å². The number of carbonyl (C=O) groups is 2. The van der Waals surface area contributed by atoms with Crippen molar-refractivity contribution in [3.8, 4) is 11.5 Å². The lowest BCUT2D eigenvalue weighted by molar-refractivity contribution is -0.274. The predicted octanol–water partition coefficient (Wildman–Crippen LogP) is 4.36. The maximum absolute atomic E-state index is 12.5. The Morgan fingerprint density at radius 1 is 1.00 bits per heavy atom. The molecule has 5 N–H and O–H groups in total. The van der Waals surface area contributed by atoms with Crippen molar-refractivity contribution in [2.75, 3.05) is 11.9 Å². The van der Waals surface area contributed by atoms with Gasteiger partial charge in [0.1, 0.15) is 11.5 Å². The average molecular weight is 560 g/mol. The molecule has 11 heteroatoms. The molecule has 0 fully saturated rings. The van der Waals surface area contributed by atoms with E-state index in [2.05, 4.69) is 20.7 Å². The number of carbonyl (C=O) groups excluding carboxylic acids is 2. The number of aromatic hydroxyl groups is 1. The Balaban J connectivity index is 1.50. The van der Waals surface area contributed by atoms with Gasteiger partial charge in [-0.1, -0.05) is 42.5 Å². The van der Waals surface area contributed by atoms with Gasteiger partial charge in [0.25, 0.3) is 0 Å². The molecule has 2 amide bonds. The van der Waals surface area contributed by atoms with Crippen LogP contribution in [0.2, 0.25) is 0 Å². The molecule has 8 nitrogen and oxygen atoms in total. The summed E-state index contributed by atoms with van der Waals surface area (Å²) in [5.74, 6) is -0.656. The Morgan fingerprint density at radius 2 is 1.70 bits per heavy atom. The van der Waals surface area contributed by atoms with Crippen LogP contribution in [-0.4, -0.2) is 41.0 Å². The van der Waals surface area contributed by atoms with Gasteiger partial charge in [-0.2, -0.15) is 0 Å². The second kappa shape index (κ2) is 13.3. The number of hydrogen-bond donors (Lipinski definition) is 5. The molecule has 40 heavy (non-hydrogen) atoms. The average Bonchev–Trinajstić information content (AvgIpc) is 2.87. The van der Waals surface area contributed by atoms with Crippen LogP contribution >= 0.6 is 0 Å². The van der Waals surface area contributed by atoms with Crippen LogP contribution < -0.4 is 20.7 Å². The fraction of sp³-hybridized carbons (Fsp3) is 0.310. The molecule has 0 aromatic heterocycles. The molecule has 3 rings (SSSR count). The second-order valence-electron chi connectivity index (χ2n) is 9.96. The smallest absolute Gasteiger partial charge is 0.506 e. The van der Waals surface area contributed by atoms with Gasteiger partial charge in [-0.05, 0) is 66.8 Å². The molecule has 3 aromatic rings. The highest BCUT2D eigenvalue weighted by Crippen LogP contribution is 2.27. The normalized spacial score (nSPS) is 12.4. The zero-order valence-corrected chi connectivity index (χ0v) is 22.1. The minimum Gasteiger partial charge on any atom is -0.506 e. The van der Waals surface area contributed by atoms with Gasteiger partial charge >= 0.3 is 6.36 Å². The number of nitrogens with one attached hydrogen (secondary N) is 3. The number of hydrogen-bond acceptors (Lipinski definition) is 6. The number of rotatable bonds is 13. The third-order valence-corrected chi connectivity index (χ3v) is 6.04. The number of anilines is 1. The van der Waals surface area contributed by atoms with Crippen LogP contribution in [0.4, 0.5) is 18.9 Å². The van der Waals surface area contributed by atoms with E-state index in [1.54, 1.807) is 6.07 Å². The van der Waals surface area contributed by atoms with E-state index in [0.717, 1.165) is 11.1 Å². The summed E-state index contributed by atoms with van der Waals surface area (Å²) >= 11 is 0. The first-order valence-corrected chi connectivity index (χ1v) is 12.5. The minimum absolute atomic E-state index is 0.0986. The van der Waals surface area contributed by atoms with Gasteiger partial charge in [0.2, 0.25) is 12.3 Å². The Bertz CT molecular complexity index is 1300. The summed E-state index contributed by atoms with van der Waals surface area (Å²) in [5, 5.41) is 28.9. The SMILES string of the molecule is CC(C)(Cc1cccc(CC(=O)NCc2ccc(OC(F)(F)F)cc2)c1)NC[C@H](O)c1ccc(O)c(NC=O)c1. The first-order chi connectivity index (χ1) is 18.8. The van der Waals surface area contributed by atoms with E-state index in [9.17, 15) is 33.0 Å². The van der Waals surface area contributed by atoms with Crippen LogP contribution in [0.15, 0.2) is 66.7 Å². The summed E-state index contributed by atoms with van der Waals surface area (Å²) < 4.78 is 40.7. The molecule has 0 saturated heterocycles. The number of alkyl halides is 3. The highest BCUT2D eigenvalue weighted by atomic mass is 19.4. The van der Waals surface area contributed by atoms with E-state index >= 15 is 0 Å². The number of halogens is 3. The van der Waals surface area contributed by atoms with Gasteiger partial charge in [-0.25, -0.2) is 0 Å². The highest BCUT2D eigenvalue weighted by molar-refractivity contribution is 5.78. The van der Waals surface area contributed by atoms with E-state index in [0.29, 0.717) is 24.0 Å². The Morgan fingerprint density at radius 3 is 2.38 bits per heavy atom. The molecule has 0 unspecified atom stereocenters. The summed E-state index contributed by atoms with van der Waals surface area (Å²) in [6.45, 7) is 4.36. The van der Waals surface area contributed by atoms with Crippen molar-refractivity contribution < 1.29 is 37.7 Å². The van der Waals surface area contributed by atoms with E-state index in [1.807, 2.05) is 38.1 Å². The summed E-state index contributed by atoms with van der Waals surface area (Å²) in [7, 11) is 0. The fourth-order valence-corrected chi connectivity index (χ4v) is 4.11. The van der Waals surface area contributed by atoms with Gasteiger partial charge in [0, 0.05) is 18.6 Å². The maximum atomic E-state index is 12.5. The fourth-order valence-electron chi connectivity index (χ4n) is 4.11. The van der Waals surface area contributed by atoms with Crippen molar-refractivity contribution in [3.05, 3.63) is 89.0 Å². The Hall–Kier alpha value is -4.09. The third-order valence-electron chi connectivity index (χ3n) is 6.04. The summed E-state index contributed by atoms with van der Waals surface area (Å²) in [4.78, 5) is 23.2. The quantitative estimate of drug-likeness (QED) is 0.157. The number of phenols is 1. The molecule has 0 aliphatic heterocycles. The lowest BCUT2D eigenvalue weighted by Gasteiger charge is -2.28. The van der Waals surface area contributed by atoms with Crippen molar-refractivity contribution in [1.82, 2.24) is 10.6 Å². The first kappa shape index (κ1) is 30.5. The van der Waals surface area contributed by atoms with Crippen molar-refractivity contribution >= 4 is 18.0 Å². The van der Waals surface area contributed by atoms with Crippen LogP contribution in [0.1, 0.15) is 42.2 Å². The second-order valence-corrected chi connectivity index (χ2v) is 9.96. The molecular formula is C29H32F3N3O5. The van der Waals surface area contributed by atoms with Crippen LogP contribution in [0.25, 0.3) is 0 Å². The van der Waals surface area contributed by atoms with Crippen LogP contribution in [0.5, 0.6) is 11.5 Å². The zero-order valence-electron chi connectivity index (χ0n) is 22.1. The summed E-state index contributed by atoms with van der Waals surface area (Å²) in [6, 6.07) is 17.4. The van der Waals surface area contributed by atoms with Crippen molar-refractivity contribution in [3.63, 3.8) is 0 Å². The van der Waals surface area contributed by atoms with Crippen LogP contribution in [0.3, 0.4) is 0 Å². The highest BCUT2D eigenvalue weighted by Gasteiger charge is 2.31. The number of aliphatic hydroxyl groups excluding tert-OH is 1. The van der Waals surface area contributed by atoms with Crippen molar-refractivity contribution in [2.45, 2.75) is 51.2 Å². The topological polar surface area (TPSA) is 120 Å². The molecule has 3 aromatic carbocycles. The number of ether oxygens (including phenoxy) is 1. The molecular weight excluding hydrogens is 527 g/mol. The molecule has 0 saturated carbocycles. The number of phenolic OH excluding ortho intramolecular Hbond substituents is 1. The maximum Gasteiger partial charge on any atom is 0.573 e. The van der Waals surface area contributed by atoms with Gasteiger partial charge in [-0.15, -0.1) is 13.2 Å². The molecule has 0 aliphatic carbocycles. The standard InChI is InChI=1S/C29H32F3N3O5/c1-28(2,35-17-26(38)22-8-11-25(37)24(14-22)34-18-36)15-21-5-3-4-20(12-21)13-27(39)33-16-19-6-9-23(10-7-19)40-29(30,31)32/h3-12,14,18,26,35,37-38H,13,15-17H2,1-2H3,(H,33,39)(H,34,36)/t26-/m0/s1. The van der Waals surface area contributed by atoms with Crippen LogP contribution in [-0.2, 0) is 29.0 Å². The lowest BCUT2D eigenvalue weighted by atomic mass is 9.93. The van der Waals surface area contributed by atoms with E-state index in [-0.39, 0.29) is 42.6 Å². The molecule has 0 aliphatic rings. The van der Waals surface area contributed by atoms with E-state index in [1.165, 1.54) is 36.4 Å².